The Labute approximate surface area is 103 Å². The van der Waals surface area contributed by atoms with Gasteiger partial charge in [0.2, 0.25) is 0 Å². The molecule has 0 atom stereocenters. The SMILES string of the molecule is CCCSC=NC(=C(C)C)c1ccccc1. The first kappa shape index (κ1) is 13.0. The second kappa shape index (κ2) is 7.29. The van der Waals surface area contributed by atoms with E-state index in [2.05, 4.69) is 37.9 Å². The van der Waals surface area contributed by atoms with Gasteiger partial charge in [-0.05, 0) is 26.0 Å². The van der Waals surface area contributed by atoms with Crippen LogP contribution in [0.5, 0.6) is 0 Å². The molecule has 0 aromatic heterocycles. The highest BCUT2D eigenvalue weighted by Gasteiger charge is 1.99. The van der Waals surface area contributed by atoms with Crippen molar-refractivity contribution in [2.45, 2.75) is 27.2 Å². The summed E-state index contributed by atoms with van der Waals surface area (Å²) in [7, 11) is 0. The van der Waals surface area contributed by atoms with Crippen LogP contribution in [0.15, 0.2) is 40.9 Å². The van der Waals surface area contributed by atoms with E-state index >= 15 is 0 Å². The Balaban J connectivity index is 2.79. The number of aliphatic imine (C=N–C) groups is 1. The van der Waals surface area contributed by atoms with Crippen LogP contribution < -0.4 is 0 Å². The van der Waals surface area contributed by atoms with Crippen molar-refractivity contribution >= 4 is 23.0 Å². The van der Waals surface area contributed by atoms with Gasteiger partial charge in [0.05, 0.1) is 11.2 Å². The molecule has 0 unspecified atom stereocenters. The summed E-state index contributed by atoms with van der Waals surface area (Å²) < 4.78 is 0. The molecule has 0 bridgehead atoms. The summed E-state index contributed by atoms with van der Waals surface area (Å²) in [6, 6.07) is 10.3. The van der Waals surface area contributed by atoms with Crippen molar-refractivity contribution < 1.29 is 0 Å². The molecule has 1 rings (SSSR count). The fourth-order valence-corrected chi connectivity index (χ4v) is 1.87. The van der Waals surface area contributed by atoms with Gasteiger partial charge in [-0.3, -0.25) is 0 Å². The maximum atomic E-state index is 4.55. The van der Waals surface area contributed by atoms with Crippen molar-refractivity contribution in [1.82, 2.24) is 0 Å². The maximum absolute atomic E-state index is 4.55. The molecule has 0 saturated carbocycles. The molecule has 0 radical (unpaired) electrons. The maximum Gasteiger partial charge on any atom is 0.0694 e. The minimum absolute atomic E-state index is 1.09. The third-order valence-corrected chi connectivity index (χ3v) is 3.00. The van der Waals surface area contributed by atoms with E-state index in [0.29, 0.717) is 0 Å². The Kier molecular flexibility index (Phi) is 5.94. The molecule has 0 spiro atoms. The van der Waals surface area contributed by atoms with Gasteiger partial charge in [0.1, 0.15) is 0 Å². The van der Waals surface area contributed by atoms with Gasteiger partial charge in [-0.25, -0.2) is 4.99 Å². The third kappa shape index (κ3) is 4.23. The van der Waals surface area contributed by atoms with Crippen LogP contribution >= 0.6 is 11.8 Å². The van der Waals surface area contributed by atoms with E-state index in [9.17, 15) is 0 Å². The number of rotatable bonds is 5. The fraction of sp³-hybridized carbons (Fsp3) is 0.357. The van der Waals surface area contributed by atoms with Gasteiger partial charge in [-0.15, -0.1) is 11.8 Å². The molecular weight excluding hydrogens is 214 g/mol. The molecule has 0 N–H and O–H groups in total. The standard InChI is InChI=1S/C14H19NS/c1-4-10-16-11-15-14(12(2)3)13-8-6-5-7-9-13/h5-9,11H,4,10H2,1-3H3. The van der Waals surface area contributed by atoms with Gasteiger partial charge >= 0.3 is 0 Å². The molecule has 16 heavy (non-hydrogen) atoms. The Hall–Kier alpha value is -1.02. The van der Waals surface area contributed by atoms with E-state index in [-0.39, 0.29) is 0 Å². The van der Waals surface area contributed by atoms with Crippen molar-refractivity contribution in [2.24, 2.45) is 4.99 Å². The van der Waals surface area contributed by atoms with Crippen LogP contribution in [0.1, 0.15) is 32.8 Å². The Morgan fingerprint density at radius 2 is 1.94 bits per heavy atom. The molecule has 1 aromatic rings. The van der Waals surface area contributed by atoms with Gasteiger partial charge in [-0.2, -0.15) is 0 Å². The molecule has 0 amide bonds. The van der Waals surface area contributed by atoms with Gasteiger partial charge < -0.3 is 0 Å². The topological polar surface area (TPSA) is 12.4 Å². The lowest BCUT2D eigenvalue weighted by Crippen LogP contribution is -1.84. The van der Waals surface area contributed by atoms with Crippen molar-refractivity contribution in [3.8, 4) is 0 Å². The largest absolute Gasteiger partial charge is 0.249 e. The van der Waals surface area contributed by atoms with Gasteiger partial charge in [0.25, 0.3) is 0 Å². The summed E-state index contributed by atoms with van der Waals surface area (Å²) in [5, 5.41) is 0. The first-order valence-corrected chi connectivity index (χ1v) is 6.67. The summed E-state index contributed by atoms with van der Waals surface area (Å²) in [6.07, 6.45) is 1.19. The normalized spacial score (nSPS) is 10.7. The van der Waals surface area contributed by atoms with Crippen molar-refractivity contribution in [3.05, 3.63) is 41.5 Å². The van der Waals surface area contributed by atoms with Crippen LogP contribution in [0.25, 0.3) is 5.70 Å². The van der Waals surface area contributed by atoms with E-state index < -0.39 is 0 Å². The molecule has 0 heterocycles. The second-order valence-corrected chi connectivity index (χ2v) is 4.77. The smallest absolute Gasteiger partial charge is 0.0694 e. The van der Waals surface area contributed by atoms with Crippen molar-refractivity contribution in [2.75, 3.05) is 5.75 Å². The molecule has 0 aliphatic heterocycles. The summed E-state index contributed by atoms with van der Waals surface area (Å²) >= 11 is 1.77. The van der Waals surface area contributed by atoms with Gasteiger partial charge in [0.15, 0.2) is 0 Å². The lowest BCUT2D eigenvalue weighted by Gasteiger charge is -2.04. The number of allylic oxidation sites excluding steroid dienone is 1. The van der Waals surface area contributed by atoms with E-state index in [1.165, 1.54) is 17.6 Å². The summed E-state index contributed by atoms with van der Waals surface area (Å²) in [5.41, 5.74) is 5.48. The first-order valence-electron chi connectivity index (χ1n) is 5.62. The number of nitrogens with zero attached hydrogens (tertiary/aromatic N) is 1. The predicted octanol–water partition coefficient (Wildman–Crippen LogP) is 4.61. The zero-order valence-corrected chi connectivity index (χ0v) is 11.1. The van der Waals surface area contributed by atoms with Crippen molar-refractivity contribution in [1.29, 1.82) is 0 Å². The van der Waals surface area contributed by atoms with E-state index in [1.807, 2.05) is 23.7 Å². The monoisotopic (exact) mass is 233 g/mol. The first-order chi connectivity index (χ1) is 7.75. The lowest BCUT2D eigenvalue weighted by atomic mass is 10.1. The van der Waals surface area contributed by atoms with Gasteiger partial charge in [-0.1, -0.05) is 42.8 Å². The van der Waals surface area contributed by atoms with Crippen LogP contribution in [0.4, 0.5) is 0 Å². The number of hydrogen-bond acceptors (Lipinski definition) is 2. The summed E-state index contributed by atoms with van der Waals surface area (Å²) in [5.74, 6) is 1.13. The highest BCUT2D eigenvalue weighted by Crippen LogP contribution is 2.19. The van der Waals surface area contributed by atoms with E-state index in [1.54, 1.807) is 11.8 Å². The van der Waals surface area contributed by atoms with Crippen LogP contribution in [0.3, 0.4) is 0 Å². The third-order valence-electron chi connectivity index (χ3n) is 2.10. The Morgan fingerprint density at radius 1 is 1.25 bits per heavy atom. The molecular formula is C14H19NS. The molecule has 1 nitrogen and oxygen atoms in total. The molecule has 0 aliphatic rings. The number of benzene rings is 1. The lowest BCUT2D eigenvalue weighted by molar-refractivity contribution is 1.11. The molecule has 0 aliphatic carbocycles. The van der Waals surface area contributed by atoms with Crippen LogP contribution in [0.2, 0.25) is 0 Å². The minimum Gasteiger partial charge on any atom is -0.249 e. The zero-order valence-electron chi connectivity index (χ0n) is 10.2. The van der Waals surface area contributed by atoms with Crippen LogP contribution in [-0.2, 0) is 0 Å². The Morgan fingerprint density at radius 3 is 2.50 bits per heavy atom. The number of hydrogen-bond donors (Lipinski definition) is 0. The highest BCUT2D eigenvalue weighted by molar-refractivity contribution is 8.12. The molecule has 0 fully saturated rings. The highest BCUT2D eigenvalue weighted by atomic mass is 32.2. The predicted molar refractivity (Wildman–Crippen MR) is 76.0 cm³/mol. The molecule has 0 saturated heterocycles. The Bertz CT molecular complexity index is 362. The molecule has 86 valence electrons. The number of thioether (sulfide) groups is 1. The molecule has 1 aromatic carbocycles. The quantitative estimate of drug-likeness (QED) is 0.411. The average Bonchev–Trinajstić information content (AvgIpc) is 2.30. The summed E-state index contributed by atoms with van der Waals surface area (Å²) in [6.45, 7) is 6.38. The fourth-order valence-electron chi connectivity index (χ4n) is 1.35. The molecule has 2 heteroatoms. The minimum atomic E-state index is 1.09. The van der Waals surface area contributed by atoms with Crippen LogP contribution in [-0.4, -0.2) is 11.3 Å². The average molecular weight is 233 g/mol. The zero-order chi connectivity index (χ0) is 11.8. The van der Waals surface area contributed by atoms with E-state index in [0.717, 1.165) is 11.4 Å². The summed E-state index contributed by atoms with van der Waals surface area (Å²) in [4.78, 5) is 4.55. The second-order valence-electron chi connectivity index (χ2n) is 3.82. The van der Waals surface area contributed by atoms with Crippen LogP contribution in [0, 0.1) is 0 Å². The van der Waals surface area contributed by atoms with Gasteiger partial charge in [0, 0.05) is 5.56 Å². The van der Waals surface area contributed by atoms with Crippen molar-refractivity contribution in [3.63, 3.8) is 0 Å². The van der Waals surface area contributed by atoms with E-state index in [4.69, 9.17) is 0 Å².